The van der Waals surface area contributed by atoms with E-state index >= 15 is 0 Å². The zero-order valence-corrected chi connectivity index (χ0v) is 12.7. The van der Waals surface area contributed by atoms with E-state index in [1.807, 2.05) is 0 Å². The molecule has 1 aromatic rings. The molecule has 106 valence electrons. The van der Waals surface area contributed by atoms with Gasteiger partial charge in [-0.05, 0) is 43.4 Å². The molecule has 0 aliphatic carbocycles. The smallest absolute Gasteiger partial charge is 0.0377 e. The lowest BCUT2D eigenvalue weighted by molar-refractivity contribution is 0.219. The highest BCUT2D eigenvalue weighted by Crippen LogP contribution is 2.26. The van der Waals surface area contributed by atoms with Gasteiger partial charge in [-0.2, -0.15) is 0 Å². The molecule has 1 fully saturated rings. The maximum Gasteiger partial charge on any atom is 0.0377 e. The Morgan fingerprint density at radius 3 is 2.53 bits per heavy atom. The lowest BCUT2D eigenvalue weighted by Gasteiger charge is -2.33. The van der Waals surface area contributed by atoms with Crippen molar-refractivity contribution in [3.05, 3.63) is 29.8 Å². The van der Waals surface area contributed by atoms with E-state index in [9.17, 15) is 0 Å². The van der Waals surface area contributed by atoms with Gasteiger partial charge in [-0.3, -0.25) is 0 Å². The molecule has 2 heteroatoms. The molecule has 1 saturated heterocycles. The van der Waals surface area contributed by atoms with Gasteiger partial charge in [-0.1, -0.05) is 39.0 Å². The Morgan fingerprint density at radius 1 is 1.21 bits per heavy atom. The monoisotopic (exact) mass is 260 g/mol. The molecule has 1 aromatic carbocycles. The molecular formula is C17H28N2. The molecule has 0 aromatic heterocycles. The van der Waals surface area contributed by atoms with Crippen LogP contribution in [0.3, 0.4) is 0 Å². The Balaban J connectivity index is 1.92. The summed E-state index contributed by atoms with van der Waals surface area (Å²) in [5.74, 6) is 0.587. The molecule has 0 spiro atoms. The summed E-state index contributed by atoms with van der Waals surface area (Å²) in [5.41, 5.74) is 2.78. The highest BCUT2D eigenvalue weighted by atomic mass is 15.1. The molecular weight excluding hydrogens is 232 g/mol. The van der Waals surface area contributed by atoms with E-state index in [-0.39, 0.29) is 0 Å². The number of rotatable bonds is 5. The van der Waals surface area contributed by atoms with Crippen LogP contribution in [0.1, 0.15) is 51.5 Å². The Kier molecular flexibility index (Phi) is 5.26. The lowest BCUT2D eigenvalue weighted by Crippen LogP contribution is -2.39. The third kappa shape index (κ3) is 3.97. The van der Waals surface area contributed by atoms with Gasteiger partial charge in [0.1, 0.15) is 0 Å². The molecule has 2 rings (SSSR count). The summed E-state index contributed by atoms with van der Waals surface area (Å²) in [6.07, 6.45) is 3.81. The van der Waals surface area contributed by atoms with E-state index < -0.39 is 0 Å². The Labute approximate surface area is 118 Å². The van der Waals surface area contributed by atoms with Gasteiger partial charge in [0, 0.05) is 24.8 Å². The lowest BCUT2D eigenvalue weighted by atomic mass is 9.99. The van der Waals surface area contributed by atoms with Crippen LogP contribution in [0, 0.1) is 0 Å². The van der Waals surface area contributed by atoms with E-state index in [1.165, 1.54) is 50.1 Å². The quantitative estimate of drug-likeness (QED) is 0.857. The number of anilines is 1. The summed E-state index contributed by atoms with van der Waals surface area (Å²) in [6, 6.07) is 9.41. The van der Waals surface area contributed by atoms with E-state index in [2.05, 4.69) is 55.3 Å². The SMILES string of the molecule is CCCN1CCC(Nc2ccccc2C(C)C)CC1. The standard InChI is InChI=1S/C17H28N2/c1-4-11-19-12-9-15(10-13-19)18-17-8-6-5-7-16(17)14(2)3/h5-8,14-15,18H,4,9-13H2,1-3H3. The summed E-state index contributed by atoms with van der Waals surface area (Å²) in [5, 5.41) is 3.77. The first kappa shape index (κ1) is 14.4. The van der Waals surface area contributed by atoms with Gasteiger partial charge >= 0.3 is 0 Å². The van der Waals surface area contributed by atoms with Crippen molar-refractivity contribution in [2.24, 2.45) is 0 Å². The molecule has 1 aliphatic rings. The van der Waals surface area contributed by atoms with Gasteiger partial charge in [0.05, 0.1) is 0 Å². The number of para-hydroxylation sites is 1. The molecule has 1 N–H and O–H groups in total. The van der Waals surface area contributed by atoms with Crippen molar-refractivity contribution < 1.29 is 0 Å². The summed E-state index contributed by atoms with van der Waals surface area (Å²) >= 11 is 0. The molecule has 0 bridgehead atoms. The fourth-order valence-electron chi connectivity index (χ4n) is 2.97. The average Bonchev–Trinajstić information content (AvgIpc) is 2.42. The van der Waals surface area contributed by atoms with Crippen molar-refractivity contribution in [2.75, 3.05) is 25.0 Å². The highest BCUT2D eigenvalue weighted by molar-refractivity contribution is 5.53. The maximum absolute atomic E-state index is 3.77. The minimum Gasteiger partial charge on any atom is -0.382 e. The van der Waals surface area contributed by atoms with Crippen molar-refractivity contribution in [3.63, 3.8) is 0 Å². The topological polar surface area (TPSA) is 15.3 Å². The second kappa shape index (κ2) is 6.95. The maximum atomic E-state index is 3.77. The summed E-state index contributed by atoms with van der Waals surface area (Å²) in [4.78, 5) is 2.59. The zero-order chi connectivity index (χ0) is 13.7. The molecule has 2 nitrogen and oxygen atoms in total. The van der Waals surface area contributed by atoms with Gasteiger partial charge in [0.25, 0.3) is 0 Å². The van der Waals surface area contributed by atoms with Crippen LogP contribution in [0.4, 0.5) is 5.69 Å². The third-order valence-corrected chi connectivity index (χ3v) is 4.07. The van der Waals surface area contributed by atoms with Crippen LogP contribution in [0.15, 0.2) is 24.3 Å². The molecule has 0 radical (unpaired) electrons. The van der Waals surface area contributed by atoms with Crippen LogP contribution in [0.25, 0.3) is 0 Å². The molecule has 0 amide bonds. The molecule has 19 heavy (non-hydrogen) atoms. The molecule has 0 unspecified atom stereocenters. The predicted molar refractivity (Wildman–Crippen MR) is 83.9 cm³/mol. The van der Waals surface area contributed by atoms with Crippen molar-refractivity contribution in [3.8, 4) is 0 Å². The number of benzene rings is 1. The zero-order valence-electron chi connectivity index (χ0n) is 12.7. The third-order valence-electron chi connectivity index (χ3n) is 4.07. The second-order valence-electron chi connectivity index (χ2n) is 6.00. The van der Waals surface area contributed by atoms with Crippen LogP contribution in [-0.2, 0) is 0 Å². The largest absolute Gasteiger partial charge is 0.382 e. The number of hydrogen-bond donors (Lipinski definition) is 1. The molecule has 0 saturated carbocycles. The first-order valence-electron chi connectivity index (χ1n) is 7.78. The first-order chi connectivity index (χ1) is 9.20. The molecule has 0 atom stereocenters. The van der Waals surface area contributed by atoms with Gasteiger partial charge in [0.2, 0.25) is 0 Å². The summed E-state index contributed by atoms with van der Waals surface area (Å²) < 4.78 is 0. The van der Waals surface area contributed by atoms with E-state index in [1.54, 1.807) is 0 Å². The summed E-state index contributed by atoms with van der Waals surface area (Å²) in [7, 11) is 0. The van der Waals surface area contributed by atoms with Gasteiger partial charge in [-0.15, -0.1) is 0 Å². The van der Waals surface area contributed by atoms with Gasteiger partial charge in [0.15, 0.2) is 0 Å². The summed E-state index contributed by atoms with van der Waals surface area (Å²) in [6.45, 7) is 10.6. The van der Waals surface area contributed by atoms with Crippen molar-refractivity contribution in [1.82, 2.24) is 4.90 Å². The van der Waals surface area contributed by atoms with E-state index in [0.717, 1.165) is 0 Å². The molecule has 1 heterocycles. The number of nitrogens with zero attached hydrogens (tertiary/aromatic N) is 1. The van der Waals surface area contributed by atoms with Crippen LogP contribution >= 0.6 is 0 Å². The first-order valence-corrected chi connectivity index (χ1v) is 7.78. The number of likely N-dealkylation sites (tertiary alicyclic amines) is 1. The van der Waals surface area contributed by atoms with Crippen LogP contribution in [0.5, 0.6) is 0 Å². The van der Waals surface area contributed by atoms with Gasteiger partial charge in [-0.25, -0.2) is 0 Å². The highest BCUT2D eigenvalue weighted by Gasteiger charge is 2.19. The van der Waals surface area contributed by atoms with Crippen LogP contribution in [-0.4, -0.2) is 30.6 Å². The minimum atomic E-state index is 0.587. The Hall–Kier alpha value is -1.02. The minimum absolute atomic E-state index is 0.587. The normalized spacial score (nSPS) is 17.9. The fraction of sp³-hybridized carbons (Fsp3) is 0.647. The Morgan fingerprint density at radius 2 is 1.89 bits per heavy atom. The van der Waals surface area contributed by atoms with Gasteiger partial charge < -0.3 is 10.2 Å². The molecule has 1 aliphatic heterocycles. The average molecular weight is 260 g/mol. The second-order valence-corrected chi connectivity index (χ2v) is 6.00. The van der Waals surface area contributed by atoms with Crippen LogP contribution < -0.4 is 5.32 Å². The number of piperidine rings is 1. The van der Waals surface area contributed by atoms with Crippen LogP contribution in [0.2, 0.25) is 0 Å². The predicted octanol–water partition coefficient (Wildman–Crippen LogP) is 4.10. The number of nitrogens with one attached hydrogen (secondary N) is 1. The van der Waals surface area contributed by atoms with Crippen molar-refractivity contribution >= 4 is 5.69 Å². The van der Waals surface area contributed by atoms with Crippen molar-refractivity contribution in [1.29, 1.82) is 0 Å². The van der Waals surface area contributed by atoms with Crippen molar-refractivity contribution in [2.45, 2.75) is 52.0 Å². The van der Waals surface area contributed by atoms with E-state index in [0.29, 0.717) is 12.0 Å². The Bertz CT molecular complexity index is 379. The fourth-order valence-corrected chi connectivity index (χ4v) is 2.97. The van der Waals surface area contributed by atoms with E-state index in [4.69, 9.17) is 0 Å². The number of hydrogen-bond acceptors (Lipinski definition) is 2.